The van der Waals surface area contributed by atoms with E-state index in [4.69, 9.17) is 14.7 Å². The zero-order valence-corrected chi connectivity index (χ0v) is 16.1. The van der Waals surface area contributed by atoms with Gasteiger partial charge in [0.15, 0.2) is 11.5 Å². The van der Waals surface area contributed by atoms with Gasteiger partial charge in [0.1, 0.15) is 17.6 Å². The number of aromatic nitrogens is 1. The Labute approximate surface area is 164 Å². The summed E-state index contributed by atoms with van der Waals surface area (Å²) in [5.41, 5.74) is 0.871. The van der Waals surface area contributed by atoms with E-state index in [0.29, 0.717) is 35.2 Å². The number of amides is 1. The van der Waals surface area contributed by atoms with Gasteiger partial charge in [-0.15, -0.1) is 0 Å². The maximum absolute atomic E-state index is 12.7. The van der Waals surface area contributed by atoms with Crippen LogP contribution in [0.2, 0.25) is 0 Å². The average Bonchev–Trinajstić information content (AvgIpc) is 2.77. The minimum Gasteiger partial charge on any atom is -0.493 e. The van der Waals surface area contributed by atoms with Crippen LogP contribution < -0.4 is 19.7 Å². The first-order valence-corrected chi connectivity index (χ1v) is 9.27. The van der Waals surface area contributed by atoms with Crippen LogP contribution in [-0.2, 0) is 0 Å². The minimum atomic E-state index is -0.183. The number of para-hydroxylation sites is 1. The first kappa shape index (κ1) is 19.5. The molecule has 7 nitrogen and oxygen atoms in total. The van der Waals surface area contributed by atoms with E-state index in [0.717, 1.165) is 31.7 Å². The maximum Gasteiger partial charge on any atom is 0.255 e. The van der Waals surface area contributed by atoms with Crippen molar-refractivity contribution in [3.63, 3.8) is 0 Å². The van der Waals surface area contributed by atoms with Gasteiger partial charge in [-0.05, 0) is 43.0 Å². The Morgan fingerprint density at radius 3 is 2.86 bits per heavy atom. The number of nitrogens with zero attached hydrogens (tertiary/aromatic N) is 3. The van der Waals surface area contributed by atoms with Crippen LogP contribution in [0.1, 0.15) is 28.9 Å². The zero-order chi connectivity index (χ0) is 19.9. The normalized spacial score (nSPS) is 16.2. The molecule has 3 rings (SSSR count). The molecule has 0 aliphatic carbocycles. The van der Waals surface area contributed by atoms with Gasteiger partial charge in [-0.1, -0.05) is 12.1 Å². The first-order valence-electron chi connectivity index (χ1n) is 9.27. The van der Waals surface area contributed by atoms with Crippen molar-refractivity contribution in [3.05, 3.63) is 47.7 Å². The molecule has 2 heterocycles. The molecule has 0 spiro atoms. The van der Waals surface area contributed by atoms with Crippen LogP contribution in [0.5, 0.6) is 11.5 Å². The lowest BCUT2D eigenvalue weighted by atomic mass is 9.97. The molecule has 28 heavy (non-hydrogen) atoms. The van der Waals surface area contributed by atoms with E-state index in [1.54, 1.807) is 31.4 Å². The molecule has 0 unspecified atom stereocenters. The monoisotopic (exact) mass is 380 g/mol. The highest BCUT2D eigenvalue weighted by atomic mass is 16.5. The van der Waals surface area contributed by atoms with Gasteiger partial charge in [0.25, 0.3) is 5.91 Å². The van der Waals surface area contributed by atoms with Gasteiger partial charge in [0.2, 0.25) is 0 Å². The highest BCUT2D eigenvalue weighted by molar-refractivity contribution is 5.97. The Balaban J connectivity index is 1.63. The van der Waals surface area contributed by atoms with E-state index in [1.165, 1.54) is 7.11 Å². The van der Waals surface area contributed by atoms with Crippen LogP contribution >= 0.6 is 0 Å². The summed E-state index contributed by atoms with van der Waals surface area (Å²) in [5, 5.41) is 12.1. The Bertz CT molecular complexity index is 878. The fraction of sp³-hybridized carbons (Fsp3) is 0.381. The Morgan fingerprint density at radius 1 is 1.29 bits per heavy atom. The summed E-state index contributed by atoms with van der Waals surface area (Å²) in [6.45, 7) is 2.25. The summed E-state index contributed by atoms with van der Waals surface area (Å²) < 4.78 is 10.6. The number of benzene rings is 1. The van der Waals surface area contributed by atoms with Gasteiger partial charge in [-0.3, -0.25) is 4.79 Å². The third kappa shape index (κ3) is 4.34. The summed E-state index contributed by atoms with van der Waals surface area (Å²) in [7, 11) is 3.07. The molecular weight excluding hydrogens is 356 g/mol. The van der Waals surface area contributed by atoms with E-state index in [9.17, 15) is 4.79 Å². The van der Waals surface area contributed by atoms with Gasteiger partial charge in [-0.25, -0.2) is 4.98 Å². The topological polar surface area (TPSA) is 87.5 Å². The molecule has 0 saturated carbocycles. The van der Waals surface area contributed by atoms with Crippen molar-refractivity contribution < 1.29 is 14.3 Å². The number of anilines is 1. The predicted molar refractivity (Wildman–Crippen MR) is 106 cm³/mol. The van der Waals surface area contributed by atoms with E-state index in [2.05, 4.69) is 21.3 Å². The van der Waals surface area contributed by atoms with Crippen molar-refractivity contribution in [1.82, 2.24) is 10.3 Å². The quantitative estimate of drug-likeness (QED) is 0.829. The molecule has 0 radical (unpaired) electrons. The highest BCUT2D eigenvalue weighted by Crippen LogP contribution is 2.30. The maximum atomic E-state index is 12.7. The van der Waals surface area contributed by atoms with Crippen LogP contribution in [0.15, 0.2) is 36.4 Å². The summed E-state index contributed by atoms with van der Waals surface area (Å²) in [6.07, 6.45) is 2.05. The highest BCUT2D eigenvalue weighted by Gasteiger charge is 2.23. The number of rotatable bonds is 6. The van der Waals surface area contributed by atoms with Crippen LogP contribution in [0.3, 0.4) is 0 Å². The Morgan fingerprint density at radius 2 is 2.11 bits per heavy atom. The number of pyridine rings is 1. The van der Waals surface area contributed by atoms with Crippen LogP contribution in [0.4, 0.5) is 5.82 Å². The molecule has 1 N–H and O–H groups in total. The number of piperidine rings is 1. The molecule has 146 valence electrons. The predicted octanol–water partition coefficient (Wildman–Crippen LogP) is 2.62. The Hall–Kier alpha value is -3.27. The lowest BCUT2D eigenvalue weighted by molar-refractivity contribution is 0.0942. The van der Waals surface area contributed by atoms with E-state index >= 15 is 0 Å². The van der Waals surface area contributed by atoms with E-state index in [1.807, 2.05) is 12.1 Å². The van der Waals surface area contributed by atoms with Gasteiger partial charge < -0.3 is 19.7 Å². The van der Waals surface area contributed by atoms with E-state index < -0.39 is 0 Å². The molecule has 0 bridgehead atoms. The van der Waals surface area contributed by atoms with Crippen molar-refractivity contribution >= 4 is 11.7 Å². The molecule has 7 heteroatoms. The minimum absolute atomic E-state index is 0.183. The van der Waals surface area contributed by atoms with E-state index in [-0.39, 0.29) is 5.91 Å². The van der Waals surface area contributed by atoms with Crippen LogP contribution in [0.25, 0.3) is 0 Å². The second kappa shape index (κ2) is 9.09. The fourth-order valence-electron chi connectivity index (χ4n) is 3.50. The Kier molecular flexibility index (Phi) is 6.33. The van der Waals surface area contributed by atoms with Crippen LogP contribution in [-0.4, -0.2) is 44.7 Å². The number of nitrogens with one attached hydrogen (secondary N) is 1. The average molecular weight is 380 g/mol. The SMILES string of the molecule is COc1cccc(C(=O)NC[C@@H]2CCCN(c3cccc(C#N)n3)C2)c1OC. The summed E-state index contributed by atoms with van der Waals surface area (Å²) in [6, 6.07) is 12.8. The second-order valence-corrected chi connectivity index (χ2v) is 6.70. The molecule has 1 amide bonds. The number of nitriles is 1. The molecule has 1 saturated heterocycles. The van der Waals surface area contributed by atoms with Crippen molar-refractivity contribution in [1.29, 1.82) is 5.26 Å². The number of carbonyl (C=O) groups excluding carboxylic acids is 1. The summed E-state index contributed by atoms with van der Waals surface area (Å²) in [5.74, 6) is 1.90. The molecule has 1 aliphatic rings. The van der Waals surface area contributed by atoms with Gasteiger partial charge in [0, 0.05) is 19.6 Å². The lowest BCUT2D eigenvalue weighted by Crippen LogP contribution is -2.41. The van der Waals surface area contributed by atoms with Crippen molar-refractivity contribution in [3.8, 4) is 17.6 Å². The largest absolute Gasteiger partial charge is 0.493 e. The van der Waals surface area contributed by atoms with Gasteiger partial charge in [0.05, 0.1) is 19.8 Å². The van der Waals surface area contributed by atoms with Crippen LogP contribution in [0, 0.1) is 17.2 Å². The van der Waals surface area contributed by atoms with Crippen molar-refractivity contribution in [2.45, 2.75) is 12.8 Å². The molecule has 1 aromatic carbocycles. The number of hydrogen-bond donors (Lipinski definition) is 1. The number of carbonyl (C=O) groups is 1. The lowest BCUT2D eigenvalue weighted by Gasteiger charge is -2.33. The molecule has 2 aromatic rings. The van der Waals surface area contributed by atoms with Gasteiger partial charge in [-0.2, -0.15) is 5.26 Å². The molecule has 1 atom stereocenters. The summed E-state index contributed by atoms with van der Waals surface area (Å²) >= 11 is 0. The molecule has 1 fully saturated rings. The molecule has 1 aromatic heterocycles. The standard InChI is InChI=1S/C21H24N4O3/c1-27-18-9-4-8-17(20(18)28-2)21(26)23-13-15-6-5-11-25(14-15)19-10-3-7-16(12-22)24-19/h3-4,7-10,15H,5-6,11,13-14H2,1-2H3,(H,23,26)/t15-/m0/s1. The number of methoxy groups -OCH3 is 2. The third-order valence-corrected chi connectivity index (χ3v) is 4.89. The zero-order valence-electron chi connectivity index (χ0n) is 16.1. The fourth-order valence-corrected chi connectivity index (χ4v) is 3.50. The first-order chi connectivity index (χ1) is 13.7. The molecule has 1 aliphatic heterocycles. The smallest absolute Gasteiger partial charge is 0.255 e. The van der Waals surface area contributed by atoms with Gasteiger partial charge >= 0.3 is 0 Å². The second-order valence-electron chi connectivity index (χ2n) is 6.70. The third-order valence-electron chi connectivity index (χ3n) is 4.89. The molecular formula is C21H24N4O3. The number of ether oxygens (including phenoxy) is 2. The number of hydrogen-bond acceptors (Lipinski definition) is 6. The van der Waals surface area contributed by atoms with Crippen molar-refractivity contribution in [2.75, 3.05) is 38.8 Å². The van der Waals surface area contributed by atoms with Crippen molar-refractivity contribution in [2.24, 2.45) is 5.92 Å². The summed E-state index contributed by atoms with van der Waals surface area (Å²) in [4.78, 5) is 19.2.